The van der Waals surface area contributed by atoms with Crippen LogP contribution in [-0.2, 0) is 34.9 Å². The van der Waals surface area contributed by atoms with Crippen molar-refractivity contribution in [1.29, 1.82) is 0 Å². The highest BCUT2D eigenvalue weighted by Gasteiger charge is 2.25. The van der Waals surface area contributed by atoms with E-state index in [0.717, 1.165) is 33.5 Å². The highest BCUT2D eigenvalue weighted by molar-refractivity contribution is 5.76. The summed E-state index contributed by atoms with van der Waals surface area (Å²) in [4.78, 5) is 47.1. The predicted molar refractivity (Wildman–Crippen MR) is 121 cm³/mol. The molecule has 0 saturated carbocycles. The summed E-state index contributed by atoms with van der Waals surface area (Å²) in [5, 5.41) is 0. The number of esters is 1. The molecule has 0 amide bonds. The number of nitrogens with two attached hydrogens (primary N) is 1. The van der Waals surface area contributed by atoms with Crippen LogP contribution in [0.1, 0.15) is 45.6 Å². The maximum atomic E-state index is 12.4. The zero-order valence-electron chi connectivity index (χ0n) is 20.6. The number of ether oxygens (including phenoxy) is 7. The fraction of sp³-hybridized carbons (Fsp3) is 0.565. The van der Waals surface area contributed by atoms with E-state index < -0.39 is 42.7 Å². The average molecular weight is 500 g/mol. The van der Waals surface area contributed by atoms with Crippen LogP contribution in [0, 0.1) is 0 Å². The van der Waals surface area contributed by atoms with E-state index in [1.165, 1.54) is 18.2 Å². The van der Waals surface area contributed by atoms with Gasteiger partial charge in [-0.1, -0.05) is 25.8 Å². The second kappa shape index (κ2) is 15.4. The van der Waals surface area contributed by atoms with E-state index in [-0.39, 0.29) is 24.5 Å². The lowest BCUT2D eigenvalue weighted by Gasteiger charge is -2.22. The molecule has 12 nitrogen and oxygen atoms in total. The molecule has 1 aromatic carbocycles. The molecule has 1 rings (SSSR count). The molecule has 12 heteroatoms. The molecule has 2 N–H and O–H groups in total. The third-order valence-corrected chi connectivity index (χ3v) is 4.70. The Morgan fingerprint density at radius 2 is 1.46 bits per heavy atom. The van der Waals surface area contributed by atoms with Gasteiger partial charge in [-0.3, -0.25) is 4.79 Å². The van der Waals surface area contributed by atoms with E-state index in [2.05, 4.69) is 9.47 Å². The van der Waals surface area contributed by atoms with Crippen LogP contribution in [0.2, 0.25) is 0 Å². The number of carbonyl (C=O) groups is 4. The monoisotopic (exact) mass is 499 g/mol. The van der Waals surface area contributed by atoms with Crippen LogP contribution in [0.5, 0.6) is 11.5 Å². The van der Waals surface area contributed by atoms with Gasteiger partial charge in [0.25, 0.3) is 0 Å². The third-order valence-electron chi connectivity index (χ3n) is 4.70. The van der Waals surface area contributed by atoms with Crippen molar-refractivity contribution < 1.29 is 52.3 Å². The first-order valence-electron chi connectivity index (χ1n) is 11.0. The van der Waals surface area contributed by atoms with Gasteiger partial charge < -0.3 is 38.9 Å². The Balaban J connectivity index is 2.71. The second-order valence-corrected chi connectivity index (χ2v) is 7.47. The average Bonchev–Trinajstić information content (AvgIpc) is 2.82. The summed E-state index contributed by atoms with van der Waals surface area (Å²) >= 11 is 0. The molecule has 0 heterocycles. The quantitative estimate of drug-likeness (QED) is 0.193. The lowest BCUT2D eigenvalue weighted by Crippen LogP contribution is -2.39. The van der Waals surface area contributed by atoms with Crippen molar-refractivity contribution in [3.05, 3.63) is 23.8 Å². The van der Waals surface area contributed by atoms with Crippen molar-refractivity contribution in [2.24, 2.45) is 5.73 Å². The van der Waals surface area contributed by atoms with Crippen molar-refractivity contribution in [3.8, 4) is 11.5 Å². The molecule has 0 aliphatic rings. The number of rotatable bonds is 12. The molecule has 0 aromatic heterocycles. The molecular weight excluding hydrogens is 466 g/mol. The van der Waals surface area contributed by atoms with E-state index in [9.17, 15) is 19.2 Å². The van der Waals surface area contributed by atoms with Gasteiger partial charge in [0.15, 0.2) is 11.5 Å². The number of hydrogen-bond acceptors (Lipinski definition) is 12. The molecule has 0 unspecified atom stereocenters. The largest absolute Gasteiger partial charge is 0.513 e. The first-order valence-corrected chi connectivity index (χ1v) is 11.0. The highest BCUT2D eigenvalue weighted by Crippen LogP contribution is 2.30. The molecule has 35 heavy (non-hydrogen) atoms. The molecule has 0 aliphatic heterocycles. The van der Waals surface area contributed by atoms with Gasteiger partial charge in [0.05, 0.1) is 20.8 Å². The number of methoxy groups -OCH3 is 2. The third kappa shape index (κ3) is 11.0. The zero-order chi connectivity index (χ0) is 26.4. The number of hydrogen-bond donors (Lipinski definition) is 1. The fourth-order valence-electron chi connectivity index (χ4n) is 2.60. The predicted octanol–water partition coefficient (Wildman–Crippen LogP) is 3.51. The van der Waals surface area contributed by atoms with Crippen LogP contribution in [0.3, 0.4) is 0 Å². The maximum Gasteiger partial charge on any atom is 0.513 e. The topological polar surface area (TPSA) is 159 Å². The molecule has 0 fully saturated rings. The van der Waals surface area contributed by atoms with Crippen LogP contribution in [0.15, 0.2) is 18.2 Å². The Morgan fingerprint density at radius 1 is 0.857 bits per heavy atom. The van der Waals surface area contributed by atoms with Gasteiger partial charge in [-0.15, -0.1) is 0 Å². The minimum atomic E-state index is -1.09. The minimum absolute atomic E-state index is 0.00367. The molecule has 0 aliphatic carbocycles. The van der Waals surface area contributed by atoms with Gasteiger partial charge in [-0.2, -0.15) is 0 Å². The summed E-state index contributed by atoms with van der Waals surface area (Å²) in [5.41, 5.74) is 6.44. The molecule has 0 radical (unpaired) electrons. The van der Waals surface area contributed by atoms with Crippen LogP contribution in [-0.4, -0.2) is 63.5 Å². The van der Waals surface area contributed by atoms with Gasteiger partial charge in [0, 0.05) is 0 Å². The first-order chi connectivity index (χ1) is 16.6. The van der Waals surface area contributed by atoms with Crippen molar-refractivity contribution in [2.75, 3.05) is 20.8 Å². The van der Waals surface area contributed by atoms with E-state index in [4.69, 9.17) is 29.4 Å². The lowest BCUT2D eigenvalue weighted by atomic mass is 10.1. The molecular formula is C23H33NO11. The van der Waals surface area contributed by atoms with Gasteiger partial charge in [0.2, 0.25) is 0 Å². The molecule has 1 aromatic rings. The van der Waals surface area contributed by atoms with Crippen LogP contribution in [0.25, 0.3) is 0 Å². The minimum Gasteiger partial charge on any atom is -0.458 e. The number of carbonyl (C=O) groups excluding carboxylic acids is 4. The molecule has 196 valence electrons. The second-order valence-electron chi connectivity index (χ2n) is 7.47. The van der Waals surface area contributed by atoms with Crippen molar-refractivity contribution in [2.45, 2.75) is 64.7 Å². The summed E-state index contributed by atoms with van der Waals surface area (Å²) in [7, 11) is 2.22. The van der Waals surface area contributed by atoms with Crippen LogP contribution in [0.4, 0.5) is 14.4 Å². The Bertz CT molecular complexity index is 858. The summed E-state index contributed by atoms with van der Waals surface area (Å²) in [6.45, 7) is 5.41. The highest BCUT2D eigenvalue weighted by atomic mass is 16.7. The molecule has 0 bridgehead atoms. The molecule has 3 atom stereocenters. The van der Waals surface area contributed by atoms with Gasteiger partial charge >= 0.3 is 24.4 Å². The van der Waals surface area contributed by atoms with Crippen molar-refractivity contribution in [1.82, 2.24) is 0 Å². The van der Waals surface area contributed by atoms with E-state index in [1.54, 1.807) is 13.8 Å². The van der Waals surface area contributed by atoms with Crippen LogP contribution >= 0.6 is 0 Å². The Labute approximate surface area is 203 Å². The van der Waals surface area contributed by atoms with Crippen molar-refractivity contribution in [3.63, 3.8) is 0 Å². The normalized spacial score (nSPS) is 13.0. The SMILES string of the molecule is CCCCCOC(=O)O[C@@H](C)[C@H](C)OC(=O)[C@@H](N)Cc1ccc(OC(=O)OC)c(OC(=O)OC)c1. The smallest absolute Gasteiger partial charge is 0.458 e. The summed E-state index contributed by atoms with van der Waals surface area (Å²) in [6.07, 6.45) is -1.80. The van der Waals surface area contributed by atoms with E-state index in [0.29, 0.717) is 5.56 Å². The number of benzene rings is 1. The summed E-state index contributed by atoms with van der Waals surface area (Å²) in [6, 6.07) is 3.11. The summed E-state index contributed by atoms with van der Waals surface area (Å²) < 4.78 is 34.2. The van der Waals surface area contributed by atoms with Gasteiger partial charge in [-0.25, -0.2) is 14.4 Å². The Hall–Kier alpha value is -3.54. The first kappa shape index (κ1) is 29.5. The summed E-state index contributed by atoms with van der Waals surface area (Å²) in [5.74, 6) is -0.994. The van der Waals surface area contributed by atoms with Crippen molar-refractivity contribution >= 4 is 24.4 Å². The van der Waals surface area contributed by atoms with E-state index >= 15 is 0 Å². The number of unbranched alkanes of at least 4 members (excludes halogenated alkanes) is 2. The maximum absolute atomic E-state index is 12.4. The molecule has 0 spiro atoms. The van der Waals surface area contributed by atoms with E-state index in [1.807, 2.05) is 6.92 Å². The van der Waals surface area contributed by atoms with Gasteiger partial charge in [-0.05, 0) is 44.4 Å². The zero-order valence-corrected chi connectivity index (χ0v) is 20.6. The Morgan fingerprint density at radius 3 is 2.06 bits per heavy atom. The molecule has 0 saturated heterocycles. The standard InChI is InChI=1S/C23H33NO11/c1-6-7-8-11-31-23(28)33-15(3)14(2)32-20(25)17(24)12-16-9-10-18(34-21(26)29-4)19(13-16)35-22(27)30-5/h9-10,13-15,17H,6-8,11-12,24H2,1-5H3/t14-,15-,17-/m0/s1. The fourth-order valence-corrected chi connectivity index (χ4v) is 2.60. The lowest BCUT2D eigenvalue weighted by molar-refractivity contribution is -0.155. The van der Waals surface area contributed by atoms with Gasteiger partial charge in [0.1, 0.15) is 18.2 Å². The van der Waals surface area contributed by atoms with Crippen LogP contribution < -0.4 is 15.2 Å². The Kier molecular flexibility index (Phi) is 13.0.